The largest absolute Gasteiger partial charge is 0.497 e. The van der Waals surface area contributed by atoms with Crippen LogP contribution in [-0.2, 0) is 0 Å². The summed E-state index contributed by atoms with van der Waals surface area (Å²) >= 11 is 0. The number of nitrogens with zero attached hydrogens (tertiary/aromatic N) is 2. The van der Waals surface area contributed by atoms with E-state index in [1.54, 1.807) is 7.11 Å². The number of amides is 1. The predicted molar refractivity (Wildman–Crippen MR) is 91.8 cm³/mol. The van der Waals surface area contributed by atoms with E-state index in [4.69, 9.17) is 4.74 Å². The van der Waals surface area contributed by atoms with Crippen LogP contribution in [0.5, 0.6) is 5.75 Å². The lowest BCUT2D eigenvalue weighted by Crippen LogP contribution is -2.35. The normalized spacial score (nSPS) is 14.3. The Hall–Kier alpha value is -2.10. The standard InChI is InChI=1S/C19H24N2O2/c1-13(2)10-11-21(15-5-6-15)19(22)18-8-4-14-12-16(23-3)7-9-17(14)20-18/h4,7-9,12-13,15H,5-6,10-11H2,1-3H3. The minimum atomic E-state index is 0.0610. The van der Waals surface area contributed by atoms with Crippen LogP contribution in [0.3, 0.4) is 0 Å². The fourth-order valence-corrected chi connectivity index (χ4v) is 2.73. The first kappa shape index (κ1) is 15.8. The van der Waals surface area contributed by atoms with Crippen molar-refractivity contribution >= 4 is 16.8 Å². The van der Waals surface area contributed by atoms with Crippen molar-refractivity contribution < 1.29 is 9.53 Å². The molecule has 122 valence electrons. The summed E-state index contributed by atoms with van der Waals surface area (Å²) in [6.07, 6.45) is 3.27. The van der Waals surface area contributed by atoms with Crippen LogP contribution < -0.4 is 4.74 Å². The first-order valence-electron chi connectivity index (χ1n) is 8.34. The molecule has 0 saturated heterocycles. The van der Waals surface area contributed by atoms with E-state index in [0.717, 1.165) is 42.5 Å². The van der Waals surface area contributed by atoms with E-state index in [2.05, 4.69) is 18.8 Å². The minimum Gasteiger partial charge on any atom is -0.497 e. The quantitative estimate of drug-likeness (QED) is 0.812. The Morgan fingerprint density at radius 3 is 2.74 bits per heavy atom. The molecule has 1 aromatic carbocycles. The van der Waals surface area contributed by atoms with Gasteiger partial charge in [0.25, 0.3) is 5.91 Å². The van der Waals surface area contributed by atoms with E-state index in [1.807, 2.05) is 35.2 Å². The highest BCUT2D eigenvalue weighted by molar-refractivity contribution is 5.95. The zero-order valence-corrected chi connectivity index (χ0v) is 14.1. The number of fused-ring (bicyclic) bond motifs is 1. The maximum absolute atomic E-state index is 12.8. The summed E-state index contributed by atoms with van der Waals surface area (Å²) in [4.78, 5) is 19.4. The van der Waals surface area contributed by atoms with Gasteiger partial charge >= 0.3 is 0 Å². The second kappa shape index (κ2) is 6.57. The molecule has 1 fully saturated rings. The number of methoxy groups -OCH3 is 1. The maximum atomic E-state index is 12.8. The molecule has 1 aliphatic rings. The van der Waals surface area contributed by atoms with Crippen molar-refractivity contribution in [2.24, 2.45) is 5.92 Å². The van der Waals surface area contributed by atoms with Crippen molar-refractivity contribution in [3.8, 4) is 5.75 Å². The van der Waals surface area contributed by atoms with E-state index >= 15 is 0 Å². The van der Waals surface area contributed by atoms with Gasteiger partial charge in [-0.05, 0) is 49.4 Å². The van der Waals surface area contributed by atoms with E-state index in [1.165, 1.54) is 0 Å². The van der Waals surface area contributed by atoms with Crippen LogP contribution in [0, 0.1) is 5.92 Å². The van der Waals surface area contributed by atoms with Crippen molar-refractivity contribution in [3.63, 3.8) is 0 Å². The lowest BCUT2D eigenvalue weighted by Gasteiger charge is -2.23. The van der Waals surface area contributed by atoms with Crippen LogP contribution in [0.25, 0.3) is 10.9 Å². The van der Waals surface area contributed by atoms with Crippen molar-refractivity contribution in [1.29, 1.82) is 0 Å². The molecule has 1 heterocycles. The molecular formula is C19H24N2O2. The maximum Gasteiger partial charge on any atom is 0.272 e. The molecule has 0 aliphatic heterocycles. The molecule has 0 spiro atoms. The van der Waals surface area contributed by atoms with Gasteiger partial charge in [0.05, 0.1) is 12.6 Å². The smallest absolute Gasteiger partial charge is 0.272 e. The first-order chi connectivity index (χ1) is 11.1. The molecule has 0 N–H and O–H groups in total. The van der Waals surface area contributed by atoms with Crippen LogP contribution in [0.1, 0.15) is 43.6 Å². The third-order valence-corrected chi connectivity index (χ3v) is 4.31. The Labute approximate surface area is 137 Å². The number of benzene rings is 1. The molecule has 23 heavy (non-hydrogen) atoms. The molecule has 0 unspecified atom stereocenters. The number of ether oxygens (including phenoxy) is 1. The summed E-state index contributed by atoms with van der Waals surface area (Å²) in [6.45, 7) is 5.21. The summed E-state index contributed by atoms with van der Waals surface area (Å²) in [5.74, 6) is 1.46. The Bertz CT molecular complexity index is 708. The summed E-state index contributed by atoms with van der Waals surface area (Å²) in [5.41, 5.74) is 1.37. The van der Waals surface area contributed by atoms with Gasteiger partial charge in [-0.15, -0.1) is 0 Å². The van der Waals surface area contributed by atoms with Gasteiger partial charge in [0, 0.05) is 18.0 Å². The number of pyridine rings is 1. The molecular weight excluding hydrogens is 288 g/mol. The molecule has 1 saturated carbocycles. The number of rotatable bonds is 6. The summed E-state index contributed by atoms with van der Waals surface area (Å²) < 4.78 is 5.23. The lowest BCUT2D eigenvalue weighted by atomic mass is 10.1. The number of hydrogen-bond donors (Lipinski definition) is 0. The highest BCUT2D eigenvalue weighted by atomic mass is 16.5. The first-order valence-corrected chi connectivity index (χ1v) is 8.34. The highest BCUT2D eigenvalue weighted by Gasteiger charge is 2.33. The molecule has 0 atom stereocenters. The number of aromatic nitrogens is 1. The Morgan fingerprint density at radius 1 is 1.30 bits per heavy atom. The van der Waals surface area contributed by atoms with Crippen molar-refractivity contribution in [2.45, 2.75) is 39.2 Å². The SMILES string of the molecule is COc1ccc2nc(C(=O)N(CCC(C)C)C3CC3)ccc2c1. The molecule has 1 amide bonds. The molecule has 2 aromatic rings. The van der Waals surface area contributed by atoms with Gasteiger partial charge in [0.2, 0.25) is 0 Å². The zero-order valence-electron chi connectivity index (χ0n) is 14.1. The summed E-state index contributed by atoms with van der Waals surface area (Å²) in [5, 5.41) is 0.987. The second-order valence-electron chi connectivity index (χ2n) is 6.67. The van der Waals surface area contributed by atoms with Crippen molar-refractivity contribution in [1.82, 2.24) is 9.88 Å². The van der Waals surface area contributed by atoms with Gasteiger partial charge in [0.1, 0.15) is 11.4 Å². The van der Waals surface area contributed by atoms with Gasteiger partial charge in [-0.2, -0.15) is 0 Å². The summed E-state index contributed by atoms with van der Waals surface area (Å²) in [6, 6.07) is 9.91. The third-order valence-electron chi connectivity index (χ3n) is 4.31. The average molecular weight is 312 g/mol. The van der Waals surface area contributed by atoms with Gasteiger partial charge in [-0.1, -0.05) is 19.9 Å². The molecule has 0 bridgehead atoms. The van der Waals surface area contributed by atoms with E-state index in [9.17, 15) is 4.79 Å². The topological polar surface area (TPSA) is 42.4 Å². The lowest BCUT2D eigenvalue weighted by molar-refractivity contribution is 0.0730. The van der Waals surface area contributed by atoms with Crippen molar-refractivity contribution in [3.05, 3.63) is 36.0 Å². The zero-order chi connectivity index (χ0) is 16.4. The van der Waals surface area contributed by atoms with E-state index in [-0.39, 0.29) is 5.91 Å². The summed E-state index contributed by atoms with van der Waals surface area (Å²) in [7, 11) is 1.65. The Kier molecular flexibility index (Phi) is 4.51. The molecule has 1 aromatic heterocycles. The molecule has 1 aliphatic carbocycles. The fraction of sp³-hybridized carbons (Fsp3) is 0.474. The van der Waals surface area contributed by atoms with Crippen molar-refractivity contribution in [2.75, 3.05) is 13.7 Å². The van der Waals surface area contributed by atoms with E-state index < -0.39 is 0 Å². The highest BCUT2D eigenvalue weighted by Crippen LogP contribution is 2.29. The van der Waals surface area contributed by atoms with Gasteiger partial charge in [-0.25, -0.2) is 4.98 Å². The van der Waals surface area contributed by atoms with Crippen LogP contribution in [0.15, 0.2) is 30.3 Å². The molecule has 3 rings (SSSR count). The Morgan fingerprint density at radius 2 is 2.09 bits per heavy atom. The number of carbonyl (C=O) groups excluding carboxylic acids is 1. The molecule has 0 radical (unpaired) electrons. The minimum absolute atomic E-state index is 0.0610. The van der Waals surface area contributed by atoms with Crippen LogP contribution in [-0.4, -0.2) is 35.5 Å². The van der Waals surface area contributed by atoms with Gasteiger partial charge in [0.15, 0.2) is 0 Å². The second-order valence-corrected chi connectivity index (χ2v) is 6.67. The number of carbonyl (C=O) groups is 1. The fourth-order valence-electron chi connectivity index (χ4n) is 2.73. The van der Waals surface area contributed by atoms with Gasteiger partial charge in [-0.3, -0.25) is 4.79 Å². The Balaban J connectivity index is 1.84. The molecule has 4 nitrogen and oxygen atoms in total. The predicted octanol–water partition coefficient (Wildman–Crippen LogP) is 3.89. The molecule has 4 heteroatoms. The van der Waals surface area contributed by atoms with Crippen LogP contribution in [0.4, 0.5) is 0 Å². The van der Waals surface area contributed by atoms with Crippen LogP contribution >= 0.6 is 0 Å². The number of hydrogen-bond acceptors (Lipinski definition) is 3. The van der Waals surface area contributed by atoms with Crippen LogP contribution in [0.2, 0.25) is 0 Å². The third kappa shape index (κ3) is 3.63. The van der Waals surface area contributed by atoms with Gasteiger partial charge < -0.3 is 9.64 Å². The van der Waals surface area contributed by atoms with E-state index in [0.29, 0.717) is 17.7 Å². The monoisotopic (exact) mass is 312 g/mol. The average Bonchev–Trinajstić information content (AvgIpc) is 3.38.